The largest absolute Gasteiger partial charge is 0.465 e. The molecular weight excluding hydrogens is 352 g/mol. The fourth-order valence-electron chi connectivity index (χ4n) is 3.11. The molecule has 2 aromatic heterocycles. The molecule has 0 spiro atoms. The van der Waals surface area contributed by atoms with E-state index < -0.39 is 17.2 Å². The second-order valence-electron chi connectivity index (χ2n) is 6.28. The van der Waals surface area contributed by atoms with Gasteiger partial charge in [0.25, 0.3) is 5.56 Å². The van der Waals surface area contributed by atoms with E-state index in [1.54, 1.807) is 18.5 Å². The molecule has 0 saturated carbocycles. The number of hydrogen-bond acceptors (Lipinski definition) is 7. The Hall–Kier alpha value is -3.17. The van der Waals surface area contributed by atoms with E-state index in [1.807, 2.05) is 13.8 Å². The number of rotatable bonds is 5. The van der Waals surface area contributed by atoms with Gasteiger partial charge in [0.1, 0.15) is 6.54 Å². The van der Waals surface area contributed by atoms with E-state index in [0.29, 0.717) is 11.7 Å². The molecule has 2 aromatic rings. The summed E-state index contributed by atoms with van der Waals surface area (Å²) in [6.07, 6.45) is 1.49. The van der Waals surface area contributed by atoms with Gasteiger partial charge in [-0.05, 0) is 20.8 Å². The molecule has 0 aliphatic carbocycles. The number of imidazole rings is 1. The molecule has 0 aromatic carbocycles. The maximum absolute atomic E-state index is 13.0. The summed E-state index contributed by atoms with van der Waals surface area (Å²) in [6.45, 7) is 9.22. The first-order chi connectivity index (χ1) is 12.8. The number of ether oxygens (including phenoxy) is 1. The molecule has 27 heavy (non-hydrogen) atoms. The lowest BCUT2D eigenvalue weighted by Gasteiger charge is -2.28. The van der Waals surface area contributed by atoms with Crippen LogP contribution in [0.15, 0.2) is 27.3 Å². The van der Waals surface area contributed by atoms with Crippen molar-refractivity contribution in [2.45, 2.75) is 33.4 Å². The number of aryl methyl sites for hydroxylation is 1. The highest BCUT2D eigenvalue weighted by Gasteiger charge is 2.31. The van der Waals surface area contributed by atoms with Crippen molar-refractivity contribution in [1.82, 2.24) is 18.7 Å². The molecule has 0 unspecified atom stereocenters. The van der Waals surface area contributed by atoms with Crippen LogP contribution in [0.3, 0.4) is 0 Å². The van der Waals surface area contributed by atoms with E-state index in [4.69, 9.17) is 4.74 Å². The molecule has 0 amide bonds. The Morgan fingerprint density at radius 1 is 1.37 bits per heavy atom. The van der Waals surface area contributed by atoms with Gasteiger partial charge >= 0.3 is 11.7 Å². The summed E-state index contributed by atoms with van der Waals surface area (Å²) >= 11 is 0. The Bertz CT molecular complexity index is 1070. The van der Waals surface area contributed by atoms with Crippen molar-refractivity contribution in [2.75, 3.05) is 18.2 Å². The summed E-state index contributed by atoms with van der Waals surface area (Å²) in [5.74, 6) is -0.139. The van der Waals surface area contributed by atoms with Gasteiger partial charge in [-0.3, -0.25) is 23.3 Å². The maximum atomic E-state index is 13.0. The molecule has 0 bridgehead atoms. The number of carbonyl (C=O) groups excluding carboxylic acids is 1. The van der Waals surface area contributed by atoms with E-state index in [9.17, 15) is 14.4 Å². The van der Waals surface area contributed by atoms with Gasteiger partial charge in [0.2, 0.25) is 5.95 Å². The molecule has 0 radical (unpaired) electrons. The molecule has 1 aliphatic heterocycles. The van der Waals surface area contributed by atoms with Crippen molar-refractivity contribution in [3.8, 4) is 0 Å². The Kier molecular flexibility index (Phi) is 4.73. The van der Waals surface area contributed by atoms with Crippen molar-refractivity contribution in [2.24, 2.45) is 12.1 Å². The van der Waals surface area contributed by atoms with E-state index in [2.05, 4.69) is 16.7 Å². The maximum Gasteiger partial charge on any atom is 0.332 e. The Morgan fingerprint density at radius 2 is 2.07 bits per heavy atom. The van der Waals surface area contributed by atoms with Crippen LogP contribution in [0.25, 0.3) is 11.2 Å². The monoisotopic (exact) mass is 374 g/mol. The summed E-state index contributed by atoms with van der Waals surface area (Å²) in [6, 6.07) is -0.258. The number of carbonyl (C=O) groups is 1. The first-order valence-corrected chi connectivity index (χ1v) is 8.62. The summed E-state index contributed by atoms with van der Waals surface area (Å²) in [7, 11) is 1.55. The molecule has 3 heterocycles. The summed E-state index contributed by atoms with van der Waals surface area (Å²) < 4.78 is 9.12. The number of hydrogen-bond donors (Lipinski definition) is 0. The standard InChI is InChI=1S/C17H22N6O4/c1-6-8-21-15(25)13-14(20(5)17(21)26)18-16-22(9-12(24)27-7-2)19-10(3)11(4)23(13)16/h6,11H,1,7-9H2,2-5H3/t11-/m0/s1. The smallest absolute Gasteiger partial charge is 0.332 e. The van der Waals surface area contributed by atoms with Gasteiger partial charge in [-0.25, -0.2) is 9.80 Å². The number of hydrazone groups is 1. The highest BCUT2D eigenvalue weighted by molar-refractivity contribution is 5.92. The SMILES string of the molecule is C=CCn1c(=O)c2c(nc3n2[C@@H](C)C(C)=NN3CC(=O)OCC)n(C)c1=O. The number of nitrogens with zero attached hydrogens (tertiary/aromatic N) is 6. The number of aromatic nitrogens is 4. The number of fused-ring (bicyclic) bond motifs is 3. The predicted octanol–water partition coefficient (Wildman–Crippen LogP) is 0.403. The minimum absolute atomic E-state index is 0.0932. The molecule has 0 N–H and O–H groups in total. The van der Waals surface area contributed by atoms with Crippen LogP contribution in [-0.4, -0.2) is 43.5 Å². The summed E-state index contributed by atoms with van der Waals surface area (Å²) in [5.41, 5.74) is 0.291. The molecule has 0 saturated heterocycles. The third-order valence-electron chi connectivity index (χ3n) is 4.55. The second-order valence-corrected chi connectivity index (χ2v) is 6.28. The van der Waals surface area contributed by atoms with Gasteiger partial charge in [0.15, 0.2) is 11.2 Å². The van der Waals surface area contributed by atoms with Crippen molar-refractivity contribution in [1.29, 1.82) is 0 Å². The topological polar surface area (TPSA) is 104 Å². The average Bonchev–Trinajstić information content (AvgIpc) is 3.03. The van der Waals surface area contributed by atoms with Gasteiger partial charge in [0.05, 0.1) is 18.4 Å². The zero-order valence-corrected chi connectivity index (χ0v) is 15.8. The highest BCUT2D eigenvalue weighted by Crippen LogP contribution is 2.29. The van der Waals surface area contributed by atoms with E-state index in [-0.39, 0.29) is 36.9 Å². The van der Waals surface area contributed by atoms with Crippen molar-refractivity contribution in [3.05, 3.63) is 33.5 Å². The Labute approximate surface area is 155 Å². The average molecular weight is 374 g/mol. The second kappa shape index (κ2) is 6.86. The van der Waals surface area contributed by atoms with Crippen LogP contribution < -0.4 is 16.3 Å². The molecule has 3 rings (SSSR count). The number of anilines is 1. The number of allylic oxidation sites excluding steroid dienone is 1. The zero-order chi connectivity index (χ0) is 19.9. The van der Waals surface area contributed by atoms with Crippen LogP contribution in [0, 0.1) is 0 Å². The van der Waals surface area contributed by atoms with Crippen molar-refractivity contribution in [3.63, 3.8) is 0 Å². The van der Waals surface area contributed by atoms with Crippen LogP contribution in [0.2, 0.25) is 0 Å². The molecule has 10 nitrogen and oxygen atoms in total. The lowest BCUT2D eigenvalue weighted by Crippen LogP contribution is -2.40. The summed E-state index contributed by atoms with van der Waals surface area (Å²) in [4.78, 5) is 41.9. The van der Waals surface area contributed by atoms with Gasteiger partial charge in [-0.1, -0.05) is 6.08 Å². The van der Waals surface area contributed by atoms with Gasteiger partial charge in [-0.15, -0.1) is 6.58 Å². The predicted molar refractivity (Wildman–Crippen MR) is 101 cm³/mol. The normalized spacial score (nSPS) is 16.2. The fraction of sp³-hybridized carbons (Fsp3) is 0.471. The molecule has 144 valence electrons. The molecular formula is C17H22N6O4. The first kappa shape index (κ1) is 18.6. The highest BCUT2D eigenvalue weighted by atomic mass is 16.5. The molecule has 10 heteroatoms. The van der Waals surface area contributed by atoms with Crippen LogP contribution in [0.1, 0.15) is 26.8 Å². The van der Waals surface area contributed by atoms with Crippen molar-refractivity contribution < 1.29 is 9.53 Å². The Balaban J connectivity index is 2.29. The van der Waals surface area contributed by atoms with Gasteiger partial charge < -0.3 is 4.74 Å². The van der Waals surface area contributed by atoms with E-state index in [0.717, 1.165) is 4.57 Å². The van der Waals surface area contributed by atoms with Crippen LogP contribution in [0.4, 0.5) is 5.95 Å². The quantitative estimate of drug-likeness (QED) is 0.554. The van der Waals surface area contributed by atoms with Crippen molar-refractivity contribution >= 4 is 28.8 Å². The zero-order valence-electron chi connectivity index (χ0n) is 15.8. The third-order valence-corrected chi connectivity index (χ3v) is 4.55. The van der Waals surface area contributed by atoms with Gasteiger partial charge in [0, 0.05) is 13.6 Å². The van der Waals surface area contributed by atoms with Crippen LogP contribution >= 0.6 is 0 Å². The fourth-order valence-corrected chi connectivity index (χ4v) is 3.11. The minimum Gasteiger partial charge on any atom is -0.465 e. The van der Waals surface area contributed by atoms with Crippen LogP contribution in [-0.2, 0) is 23.1 Å². The number of esters is 1. The molecule has 1 aliphatic rings. The first-order valence-electron chi connectivity index (χ1n) is 8.62. The summed E-state index contributed by atoms with van der Waals surface area (Å²) in [5, 5.41) is 5.81. The molecule has 0 fully saturated rings. The lowest BCUT2D eigenvalue weighted by molar-refractivity contribution is -0.141. The third kappa shape index (κ3) is 2.86. The molecule has 1 atom stereocenters. The Morgan fingerprint density at radius 3 is 2.70 bits per heavy atom. The van der Waals surface area contributed by atoms with Crippen LogP contribution in [0.5, 0.6) is 0 Å². The lowest BCUT2D eigenvalue weighted by atomic mass is 10.2. The van der Waals surface area contributed by atoms with E-state index in [1.165, 1.54) is 15.7 Å². The van der Waals surface area contributed by atoms with Gasteiger partial charge in [-0.2, -0.15) is 10.1 Å². The van der Waals surface area contributed by atoms with E-state index >= 15 is 0 Å². The minimum atomic E-state index is -0.481.